The monoisotopic (exact) mass is 265 g/mol. The molecule has 19 heavy (non-hydrogen) atoms. The van der Waals surface area contributed by atoms with Crippen molar-refractivity contribution in [3.8, 4) is 0 Å². The van der Waals surface area contributed by atoms with Gasteiger partial charge < -0.3 is 15.3 Å². The van der Waals surface area contributed by atoms with Crippen molar-refractivity contribution in [1.29, 1.82) is 0 Å². The Morgan fingerprint density at radius 3 is 2.84 bits per heavy atom. The van der Waals surface area contributed by atoms with Crippen LogP contribution in [0.4, 0.5) is 0 Å². The van der Waals surface area contributed by atoms with Crippen molar-refractivity contribution >= 4 is 5.96 Å². The van der Waals surface area contributed by atoms with E-state index in [4.69, 9.17) is 0 Å². The summed E-state index contributed by atoms with van der Waals surface area (Å²) in [6.07, 6.45) is 5.38. The quantitative estimate of drug-likeness (QED) is 0.606. The average molecular weight is 265 g/mol. The lowest BCUT2D eigenvalue weighted by atomic mass is 10.1. The van der Waals surface area contributed by atoms with Crippen LogP contribution >= 0.6 is 0 Å². The van der Waals surface area contributed by atoms with Crippen LogP contribution in [-0.2, 0) is 6.54 Å². The van der Waals surface area contributed by atoms with Crippen LogP contribution in [0.1, 0.15) is 18.4 Å². The minimum absolute atomic E-state index is 0.151. The van der Waals surface area contributed by atoms with E-state index < -0.39 is 0 Å². The van der Waals surface area contributed by atoms with Crippen molar-refractivity contribution in [2.24, 2.45) is 4.99 Å². The molecule has 1 fully saturated rings. The van der Waals surface area contributed by atoms with Gasteiger partial charge in [-0.2, -0.15) is 5.10 Å². The molecule has 1 aliphatic heterocycles. The lowest BCUT2D eigenvalue weighted by molar-refractivity contribution is 0.108. The minimum atomic E-state index is -0.151. The van der Waals surface area contributed by atoms with E-state index in [9.17, 15) is 5.11 Å². The van der Waals surface area contributed by atoms with E-state index in [0.717, 1.165) is 45.0 Å². The van der Waals surface area contributed by atoms with Crippen molar-refractivity contribution in [1.82, 2.24) is 20.0 Å². The van der Waals surface area contributed by atoms with E-state index in [1.165, 1.54) is 5.56 Å². The van der Waals surface area contributed by atoms with E-state index in [1.807, 2.05) is 24.0 Å². The summed E-state index contributed by atoms with van der Waals surface area (Å²) >= 11 is 0. The number of likely N-dealkylation sites (tertiary alicyclic amines) is 1. The van der Waals surface area contributed by atoms with Crippen molar-refractivity contribution in [3.63, 3.8) is 0 Å². The summed E-state index contributed by atoms with van der Waals surface area (Å²) in [5.74, 6) is 0.913. The maximum absolute atomic E-state index is 9.51. The van der Waals surface area contributed by atoms with E-state index in [0.29, 0.717) is 0 Å². The average Bonchev–Trinajstić information content (AvgIpc) is 2.82. The number of aliphatic hydroxyl groups is 1. The van der Waals surface area contributed by atoms with E-state index in [2.05, 4.69) is 20.3 Å². The third-order valence-corrected chi connectivity index (χ3v) is 3.36. The fraction of sp³-hybridized carbons (Fsp3) is 0.692. The molecule has 0 aliphatic carbocycles. The second-order valence-corrected chi connectivity index (χ2v) is 4.97. The molecule has 2 N–H and O–H groups in total. The van der Waals surface area contributed by atoms with Gasteiger partial charge in [0.15, 0.2) is 5.96 Å². The molecule has 0 bridgehead atoms. The van der Waals surface area contributed by atoms with Crippen LogP contribution in [0, 0.1) is 6.92 Å². The first-order chi connectivity index (χ1) is 9.19. The molecule has 0 aromatic carbocycles. The van der Waals surface area contributed by atoms with E-state index in [-0.39, 0.29) is 6.10 Å². The summed E-state index contributed by atoms with van der Waals surface area (Å²) in [4.78, 5) is 6.49. The fourth-order valence-corrected chi connectivity index (χ4v) is 2.28. The summed E-state index contributed by atoms with van der Waals surface area (Å²) < 4.78 is 1.93. The lowest BCUT2D eigenvalue weighted by Gasteiger charge is -2.32. The van der Waals surface area contributed by atoms with Gasteiger partial charge in [-0.3, -0.25) is 9.67 Å². The molecular weight excluding hydrogens is 242 g/mol. The predicted octanol–water partition coefficient (Wildman–Crippen LogP) is 0.224. The molecule has 1 aromatic rings. The number of nitrogens with one attached hydrogen (secondary N) is 1. The summed E-state index contributed by atoms with van der Waals surface area (Å²) in [7, 11) is 1.80. The number of aryl methyl sites for hydroxylation is 1. The zero-order valence-electron chi connectivity index (χ0n) is 11.7. The van der Waals surface area contributed by atoms with Crippen molar-refractivity contribution in [3.05, 3.63) is 18.0 Å². The maximum atomic E-state index is 9.51. The molecule has 2 rings (SSSR count). The minimum Gasteiger partial charge on any atom is -0.393 e. The molecule has 0 spiro atoms. The van der Waals surface area contributed by atoms with E-state index in [1.54, 1.807) is 7.05 Å². The molecule has 106 valence electrons. The number of aliphatic imine (C=N–C) groups is 1. The third kappa shape index (κ3) is 3.96. The number of hydrogen-bond acceptors (Lipinski definition) is 3. The molecular formula is C13H23N5O. The summed E-state index contributed by atoms with van der Waals surface area (Å²) in [6, 6.07) is 0. The van der Waals surface area contributed by atoms with Gasteiger partial charge in [-0.05, 0) is 25.3 Å². The number of hydrogen-bond donors (Lipinski definition) is 2. The van der Waals surface area contributed by atoms with Crippen LogP contribution in [0.5, 0.6) is 0 Å². The first-order valence-corrected chi connectivity index (χ1v) is 6.82. The van der Waals surface area contributed by atoms with Gasteiger partial charge in [-0.25, -0.2) is 0 Å². The third-order valence-electron chi connectivity index (χ3n) is 3.36. The van der Waals surface area contributed by atoms with Gasteiger partial charge in [0.05, 0.1) is 18.8 Å². The van der Waals surface area contributed by atoms with Gasteiger partial charge in [0.25, 0.3) is 0 Å². The molecule has 6 nitrogen and oxygen atoms in total. The Bertz CT molecular complexity index is 420. The molecule has 0 radical (unpaired) electrons. The topological polar surface area (TPSA) is 65.7 Å². The van der Waals surface area contributed by atoms with E-state index >= 15 is 0 Å². The van der Waals surface area contributed by atoms with Crippen molar-refractivity contribution in [2.45, 2.75) is 32.4 Å². The normalized spacial score (nSPS) is 17.8. The zero-order valence-corrected chi connectivity index (χ0v) is 11.7. The highest BCUT2D eigenvalue weighted by Gasteiger charge is 2.19. The summed E-state index contributed by atoms with van der Waals surface area (Å²) in [5, 5.41) is 17.1. The van der Waals surface area contributed by atoms with Crippen LogP contribution < -0.4 is 5.32 Å². The number of aliphatic hydroxyl groups excluding tert-OH is 1. The highest BCUT2D eigenvalue weighted by Crippen LogP contribution is 2.09. The number of rotatable bonds is 3. The van der Waals surface area contributed by atoms with Gasteiger partial charge in [0, 0.05) is 32.9 Å². The predicted molar refractivity (Wildman–Crippen MR) is 75.1 cm³/mol. The Balaban J connectivity index is 1.77. The molecule has 0 atom stereocenters. The second kappa shape index (κ2) is 6.56. The van der Waals surface area contributed by atoms with Crippen molar-refractivity contribution in [2.75, 3.05) is 26.7 Å². The van der Waals surface area contributed by atoms with Gasteiger partial charge >= 0.3 is 0 Å². The molecule has 0 amide bonds. The molecule has 2 heterocycles. The molecule has 1 aromatic heterocycles. The van der Waals surface area contributed by atoms with Crippen LogP contribution in [0.15, 0.2) is 17.4 Å². The molecule has 0 unspecified atom stereocenters. The highest BCUT2D eigenvalue weighted by molar-refractivity contribution is 5.79. The first-order valence-electron chi connectivity index (χ1n) is 6.82. The lowest BCUT2D eigenvalue weighted by Crippen LogP contribution is -2.47. The summed E-state index contributed by atoms with van der Waals surface area (Å²) in [6.45, 7) is 5.38. The van der Waals surface area contributed by atoms with Gasteiger partial charge in [-0.1, -0.05) is 0 Å². The van der Waals surface area contributed by atoms with Crippen LogP contribution in [0.2, 0.25) is 0 Å². The highest BCUT2D eigenvalue weighted by atomic mass is 16.3. The Hall–Kier alpha value is -1.56. The first kappa shape index (κ1) is 13.9. The number of nitrogens with zero attached hydrogens (tertiary/aromatic N) is 4. The SMILES string of the molecule is CN=C(NCCn1cc(C)cn1)N1CCC(O)CC1. The van der Waals surface area contributed by atoms with Crippen molar-refractivity contribution < 1.29 is 5.11 Å². The smallest absolute Gasteiger partial charge is 0.193 e. The molecule has 6 heteroatoms. The standard InChI is InChI=1S/C13H23N5O/c1-11-9-16-18(10-11)8-5-15-13(14-2)17-6-3-12(19)4-7-17/h9-10,12,19H,3-8H2,1-2H3,(H,14,15). The Labute approximate surface area is 114 Å². The molecule has 0 saturated carbocycles. The molecule has 1 aliphatic rings. The Morgan fingerprint density at radius 1 is 1.53 bits per heavy atom. The van der Waals surface area contributed by atoms with Gasteiger partial charge in [0.1, 0.15) is 0 Å². The number of guanidine groups is 1. The van der Waals surface area contributed by atoms with Crippen LogP contribution in [0.25, 0.3) is 0 Å². The van der Waals surface area contributed by atoms with Crippen LogP contribution in [-0.4, -0.2) is 58.5 Å². The Kier molecular flexibility index (Phi) is 4.79. The Morgan fingerprint density at radius 2 is 2.26 bits per heavy atom. The van der Waals surface area contributed by atoms with Gasteiger partial charge in [0.2, 0.25) is 0 Å². The second-order valence-electron chi connectivity index (χ2n) is 4.97. The van der Waals surface area contributed by atoms with Gasteiger partial charge in [-0.15, -0.1) is 0 Å². The zero-order chi connectivity index (χ0) is 13.7. The largest absolute Gasteiger partial charge is 0.393 e. The number of aromatic nitrogens is 2. The fourth-order valence-electron chi connectivity index (χ4n) is 2.28. The van der Waals surface area contributed by atoms with Crippen LogP contribution in [0.3, 0.4) is 0 Å². The summed E-state index contributed by atoms with van der Waals surface area (Å²) in [5.41, 5.74) is 1.18. The number of piperidine rings is 1. The maximum Gasteiger partial charge on any atom is 0.193 e. The molecule has 1 saturated heterocycles.